The van der Waals surface area contributed by atoms with E-state index in [1.54, 1.807) is 47.1 Å². The molecule has 4 heterocycles. The molecule has 5 atom stereocenters. The lowest BCUT2D eigenvalue weighted by molar-refractivity contribution is -0.142. The second kappa shape index (κ2) is 7.13. The molecule has 8 nitrogen and oxygen atoms in total. The summed E-state index contributed by atoms with van der Waals surface area (Å²) in [5.74, 6) is -0.249. The van der Waals surface area contributed by atoms with E-state index >= 15 is 0 Å². The molecule has 6 rings (SSSR count). The first kappa shape index (κ1) is 22.7. The third-order valence-corrected chi connectivity index (χ3v) is 8.60. The van der Waals surface area contributed by atoms with Crippen molar-refractivity contribution < 1.29 is 14.7 Å². The number of aliphatic hydroxyl groups excluding tert-OH is 1. The summed E-state index contributed by atoms with van der Waals surface area (Å²) in [6.07, 6.45) is -0.207. The molecule has 2 amide bonds. The standard InChI is InChI=1S/C28H28N4O4/c1-6-27(4,5)28-18-12-8-10-14-20(18)31(16(3)33)26(28)32-21(22(28)34)23-29-19-13-9-7-11-17(19)25(36)30(23)15(2)24(32)35/h6-15,21-22,26,34H,1H2,2-5H3/t15-,21+,22+,26-,28-/m1/s1. The Balaban J connectivity index is 1.73. The van der Waals surface area contributed by atoms with Crippen molar-refractivity contribution in [1.29, 1.82) is 0 Å². The van der Waals surface area contributed by atoms with Gasteiger partial charge in [-0.1, -0.05) is 50.3 Å². The topological polar surface area (TPSA) is 95.7 Å². The molecule has 184 valence electrons. The van der Waals surface area contributed by atoms with E-state index in [1.165, 1.54) is 11.5 Å². The largest absolute Gasteiger partial charge is 0.389 e. The molecule has 36 heavy (non-hydrogen) atoms. The van der Waals surface area contributed by atoms with Gasteiger partial charge in [0.1, 0.15) is 24.1 Å². The van der Waals surface area contributed by atoms with Crippen molar-refractivity contribution in [1.82, 2.24) is 14.5 Å². The van der Waals surface area contributed by atoms with Gasteiger partial charge < -0.3 is 10.0 Å². The van der Waals surface area contributed by atoms with E-state index in [0.717, 1.165) is 5.56 Å². The van der Waals surface area contributed by atoms with Gasteiger partial charge in [0.2, 0.25) is 11.8 Å². The average Bonchev–Trinajstić information content (AvgIpc) is 3.32. The summed E-state index contributed by atoms with van der Waals surface area (Å²) >= 11 is 0. The minimum Gasteiger partial charge on any atom is -0.389 e. The molecule has 1 N–H and O–H groups in total. The zero-order valence-electron chi connectivity index (χ0n) is 20.7. The van der Waals surface area contributed by atoms with Crippen molar-refractivity contribution in [2.45, 2.75) is 57.5 Å². The number of hydrogen-bond acceptors (Lipinski definition) is 5. The van der Waals surface area contributed by atoms with Crippen LogP contribution in [0.4, 0.5) is 5.69 Å². The minimum atomic E-state index is -1.17. The summed E-state index contributed by atoms with van der Waals surface area (Å²) < 4.78 is 1.41. The fourth-order valence-corrected chi connectivity index (χ4v) is 6.88. The van der Waals surface area contributed by atoms with Crippen molar-refractivity contribution in [3.63, 3.8) is 0 Å². The van der Waals surface area contributed by atoms with Crippen LogP contribution < -0.4 is 10.5 Å². The van der Waals surface area contributed by atoms with E-state index in [1.807, 2.05) is 38.1 Å². The Labute approximate surface area is 208 Å². The van der Waals surface area contributed by atoms with Crippen LogP contribution in [-0.2, 0) is 15.0 Å². The average molecular weight is 485 g/mol. The minimum absolute atomic E-state index is 0.239. The molecule has 0 aliphatic carbocycles. The summed E-state index contributed by atoms with van der Waals surface area (Å²) in [7, 11) is 0. The van der Waals surface area contributed by atoms with E-state index < -0.39 is 35.2 Å². The van der Waals surface area contributed by atoms with Crippen LogP contribution >= 0.6 is 0 Å². The number of carbonyl (C=O) groups is 2. The Morgan fingerprint density at radius 3 is 2.50 bits per heavy atom. The van der Waals surface area contributed by atoms with Crippen LogP contribution in [-0.4, -0.2) is 43.6 Å². The third kappa shape index (κ3) is 2.38. The van der Waals surface area contributed by atoms with Gasteiger partial charge in [-0.05, 0) is 36.1 Å². The molecule has 3 aliphatic rings. The first-order chi connectivity index (χ1) is 17.1. The van der Waals surface area contributed by atoms with Crippen LogP contribution in [0.2, 0.25) is 0 Å². The zero-order valence-corrected chi connectivity index (χ0v) is 20.7. The number of nitrogens with zero attached hydrogens (tertiary/aromatic N) is 4. The summed E-state index contributed by atoms with van der Waals surface area (Å²) in [4.78, 5) is 48.8. The normalized spacial score (nSPS) is 28.5. The molecule has 0 unspecified atom stereocenters. The number of benzene rings is 2. The van der Waals surface area contributed by atoms with Gasteiger partial charge in [0.15, 0.2) is 0 Å². The first-order valence-corrected chi connectivity index (χ1v) is 12.1. The molecule has 1 fully saturated rings. The molecule has 0 radical (unpaired) electrons. The summed E-state index contributed by atoms with van der Waals surface area (Å²) in [5.41, 5.74) is -0.235. The molecule has 0 spiro atoms. The van der Waals surface area contributed by atoms with Gasteiger partial charge in [0.25, 0.3) is 5.56 Å². The molecular formula is C28H28N4O4. The zero-order chi connectivity index (χ0) is 25.7. The molecule has 2 aromatic carbocycles. The monoisotopic (exact) mass is 484 g/mol. The van der Waals surface area contributed by atoms with Gasteiger partial charge in [0.05, 0.1) is 22.4 Å². The van der Waals surface area contributed by atoms with Crippen LogP contribution in [0.3, 0.4) is 0 Å². The summed E-state index contributed by atoms with van der Waals surface area (Å²) in [6, 6.07) is 12.7. The van der Waals surface area contributed by atoms with Gasteiger partial charge in [0, 0.05) is 12.6 Å². The van der Waals surface area contributed by atoms with E-state index in [0.29, 0.717) is 22.4 Å². The van der Waals surface area contributed by atoms with E-state index in [-0.39, 0.29) is 17.4 Å². The molecule has 3 aromatic rings. The van der Waals surface area contributed by atoms with Crippen molar-refractivity contribution in [3.05, 3.63) is 82.9 Å². The Bertz CT molecular complexity index is 1540. The fraction of sp³-hybridized carbons (Fsp3) is 0.357. The molecule has 8 heteroatoms. The number of aliphatic hydroxyl groups is 1. The first-order valence-electron chi connectivity index (χ1n) is 12.1. The lowest BCUT2D eigenvalue weighted by Gasteiger charge is -2.46. The van der Waals surface area contributed by atoms with E-state index in [2.05, 4.69) is 6.58 Å². The quantitative estimate of drug-likeness (QED) is 0.564. The number of anilines is 1. The maximum atomic E-state index is 14.1. The highest BCUT2D eigenvalue weighted by Gasteiger charge is 2.74. The predicted molar refractivity (Wildman–Crippen MR) is 135 cm³/mol. The van der Waals surface area contributed by atoms with Crippen LogP contribution in [0.25, 0.3) is 10.9 Å². The van der Waals surface area contributed by atoms with Crippen LogP contribution in [0.5, 0.6) is 0 Å². The Kier molecular flexibility index (Phi) is 4.49. The summed E-state index contributed by atoms with van der Waals surface area (Å²) in [6.45, 7) is 11.1. The third-order valence-electron chi connectivity index (χ3n) is 8.60. The molecule has 3 aliphatic heterocycles. The number of carbonyl (C=O) groups excluding carboxylic acids is 2. The maximum Gasteiger partial charge on any atom is 0.262 e. The predicted octanol–water partition coefficient (Wildman–Crippen LogP) is 3.06. The number of fused-ring (bicyclic) bond motifs is 8. The lowest BCUT2D eigenvalue weighted by Crippen LogP contribution is -2.60. The molecule has 1 saturated heterocycles. The molecule has 1 aromatic heterocycles. The molecular weight excluding hydrogens is 456 g/mol. The van der Waals surface area contributed by atoms with E-state index in [4.69, 9.17) is 4.98 Å². The Hall–Kier alpha value is -3.78. The second-order valence-electron chi connectivity index (χ2n) is 10.5. The van der Waals surface area contributed by atoms with E-state index in [9.17, 15) is 19.5 Å². The molecule has 0 bridgehead atoms. The van der Waals surface area contributed by atoms with Gasteiger partial charge >= 0.3 is 0 Å². The number of hydrogen-bond donors (Lipinski definition) is 1. The smallest absolute Gasteiger partial charge is 0.262 e. The lowest BCUT2D eigenvalue weighted by atomic mass is 9.58. The van der Waals surface area contributed by atoms with Gasteiger partial charge in [-0.3, -0.25) is 23.9 Å². The van der Waals surface area contributed by atoms with Crippen LogP contribution in [0, 0.1) is 5.41 Å². The number of aromatic nitrogens is 2. The molecule has 0 saturated carbocycles. The van der Waals surface area contributed by atoms with Crippen molar-refractivity contribution in [2.24, 2.45) is 5.41 Å². The SMILES string of the molecule is C=CC(C)(C)[C@@]12c3ccccc3N(C(C)=O)[C@@H]1N1C(=O)[C@@H](C)n3c(nc4ccccc4c3=O)[C@@H]1[C@@H]2O. The Morgan fingerprint density at radius 2 is 1.81 bits per heavy atom. The van der Waals surface area contributed by atoms with Crippen molar-refractivity contribution in [3.8, 4) is 0 Å². The van der Waals surface area contributed by atoms with Crippen LogP contribution in [0.1, 0.15) is 51.2 Å². The second-order valence-corrected chi connectivity index (χ2v) is 10.5. The van der Waals surface area contributed by atoms with Crippen LogP contribution in [0.15, 0.2) is 66.0 Å². The van der Waals surface area contributed by atoms with Gasteiger partial charge in [-0.25, -0.2) is 4.98 Å². The summed E-state index contributed by atoms with van der Waals surface area (Å²) in [5, 5.41) is 12.8. The number of rotatable bonds is 2. The van der Waals surface area contributed by atoms with Crippen molar-refractivity contribution in [2.75, 3.05) is 4.90 Å². The number of amides is 2. The fourth-order valence-electron chi connectivity index (χ4n) is 6.88. The highest BCUT2D eigenvalue weighted by molar-refractivity contribution is 5.98. The van der Waals surface area contributed by atoms with Gasteiger partial charge in [-0.2, -0.15) is 0 Å². The van der Waals surface area contributed by atoms with Gasteiger partial charge in [-0.15, -0.1) is 6.58 Å². The van der Waals surface area contributed by atoms with Crippen molar-refractivity contribution >= 4 is 28.4 Å². The highest BCUT2D eigenvalue weighted by Crippen LogP contribution is 2.65. The number of allylic oxidation sites excluding steroid dienone is 1. The number of para-hydroxylation sites is 2. The highest BCUT2D eigenvalue weighted by atomic mass is 16.3. The Morgan fingerprint density at radius 1 is 1.14 bits per heavy atom. The maximum absolute atomic E-state index is 14.1.